The number of likely N-dealkylation sites (N-methyl/N-ethyl adjacent to an activating group) is 1. The molecule has 0 bridgehead atoms. The number of benzene rings is 2. The standard InChI is InChI=1S/C25H30F3N3O2/c1-16-14-30(15-17(2)29(16)3)22-13-21-19(11-23(22)33-4)9-10-31(21)24(32)12-18-7-5-6-8-20(18)25(26,27)28/h5-8,11,13,16-17H,9-10,12,14-15H2,1-4H3. The van der Waals surface area contributed by atoms with E-state index in [4.69, 9.17) is 4.74 Å². The zero-order valence-electron chi connectivity index (χ0n) is 19.4. The third kappa shape index (κ3) is 4.53. The van der Waals surface area contributed by atoms with E-state index in [9.17, 15) is 18.0 Å². The predicted molar refractivity (Wildman–Crippen MR) is 123 cm³/mol. The molecule has 1 fully saturated rings. The Labute approximate surface area is 192 Å². The maximum absolute atomic E-state index is 13.4. The number of hydrogen-bond donors (Lipinski definition) is 0. The fraction of sp³-hybridized carbons (Fsp3) is 0.480. The van der Waals surface area contributed by atoms with Crippen LogP contribution in [0.25, 0.3) is 0 Å². The lowest BCUT2D eigenvalue weighted by atomic mass is 10.0. The summed E-state index contributed by atoms with van der Waals surface area (Å²) in [5, 5.41) is 0. The van der Waals surface area contributed by atoms with Crippen LogP contribution in [0.3, 0.4) is 0 Å². The molecule has 178 valence electrons. The van der Waals surface area contributed by atoms with E-state index in [0.717, 1.165) is 41.8 Å². The van der Waals surface area contributed by atoms with Crippen LogP contribution in [-0.2, 0) is 23.8 Å². The molecule has 0 aromatic heterocycles. The van der Waals surface area contributed by atoms with Gasteiger partial charge in [-0.2, -0.15) is 13.2 Å². The van der Waals surface area contributed by atoms with Crippen molar-refractivity contribution in [3.8, 4) is 5.75 Å². The second-order valence-electron chi connectivity index (χ2n) is 9.05. The van der Waals surface area contributed by atoms with Crippen LogP contribution in [0.1, 0.15) is 30.5 Å². The van der Waals surface area contributed by atoms with Crippen LogP contribution in [0, 0.1) is 0 Å². The molecule has 0 saturated carbocycles. The van der Waals surface area contributed by atoms with Crippen molar-refractivity contribution in [1.82, 2.24) is 4.90 Å². The molecular formula is C25H30F3N3O2. The minimum atomic E-state index is -4.49. The largest absolute Gasteiger partial charge is 0.495 e. The van der Waals surface area contributed by atoms with Crippen LogP contribution in [0.2, 0.25) is 0 Å². The average Bonchev–Trinajstić information content (AvgIpc) is 3.18. The Bertz CT molecular complexity index is 1030. The topological polar surface area (TPSA) is 36.0 Å². The van der Waals surface area contributed by atoms with E-state index in [2.05, 4.69) is 30.7 Å². The summed E-state index contributed by atoms with van der Waals surface area (Å²) in [5.74, 6) is 0.427. The number of carbonyl (C=O) groups excluding carboxylic acids is 1. The van der Waals surface area contributed by atoms with Crippen LogP contribution >= 0.6 is 0 Å². The zero-order chi connectivity index (χ0) is 23.9. The second-order valence-corrected chi connectivity index (χ2v) is 9.05. The summed E-state index contributed by atoms with van der Waals surface area (Å²) >= 11 is 0. The first kappa shape index (κ1) is 23.4. The normalized spacial score (nSPS) is 21.3. The van der Waals surface area contributed by atoms with E-state index in [1.807, 2.05) is 12.1 Å². The zero-order valence-corrected chi connectivity index (χ0v) is 19.4. The van der Waals surface area contributed by atoms with Crippen molar-refractivity contribution in [1.29, 1.82) is 0 Å². The van der Waals surface area contributed by atoms with Crippen molar-refractivity contribution in [3.05, 3.63) is 53.1 Å². The maximum Gasteiger partial charge on any atom is 0.416 e. The van der Waals surface area contributed by atoms with Gasteiger partial charge in [0.25, 0.3) is 0 Å². The third-order valence-corrected chi connectivity index (χ3v) is 6.94. The highest BCUT2D eigenvalue weighted by Gasteiger charge is 2.35. The highest BCUT2D eigenvalue weighted by Crippen LogP contribution is 2.41. The van der Waals surface area contributed by atoms with Crippen LogP contribution in [-0.4, -0.2) is 56.7 Å². The average molecular weight is 462 g/mol. The maximum atomic E-state index is 13.4. The van der Waals surface area contributed by atoms with Gasteiger partial charge in [0, 0.05) is 37.4 Å². The van der Waals surface area contributed by atoms with Gasteiger partial charge < -0.3 is 14.5 Å². The number of piperazine rings is 1. The Hall–Kier alpha value is -2.74. The van der Waals surface area contributed by atoms with E-state index in [1.165, 1.54) is 18.2 Å². The molecule has 33 heavy (non-hydrogen) atoms. The summed E-state index contributed by atoms with van der Waals surface area (Å²) in [6, 6.07) is 9.93. The molecule has 4 rings (SSSR count). The van der Waals surface area contributed by atoms with Gasteiger partial charge in [-0.05, 0) is 56.6 Å². The summed E-state index contributed by atoms with van der Waals surface area (Å²) in [5.41, 5.74) is 1.90. The number of carbonyl (C=O) groups is 1. The molecule has 5 nitrogen and oxygen atoms in total. The molecule has 0 N–H and O–H groups in total. The SMILES string of the molecule is COc1cc2c(cc1N1CC(C)N(C)C(C)C1)N(C(=O)Cc1ccccc1C(F)(F)F)CC2. The third-order valence-electron chi connectivity index (χ3n) is 6.94. The Morgan fingerprint density at radius 1 is 1.09 bits per heavy atom. The molecule has 1 saturated heterocycles. The molecule has 2 aromatic rings. The van der Waals surface area contributed by atoms with Crippen LogP contribution < -0.4 is 14.5 Å². The van der Waals surface area contributed by atoms with Crippen molar-refractivity contribution in [3.63, 3.8) is 0 Å². The molecule has 8 heteroatoms. The Morgan fingerprint density at radius 3 is 2.39 bits per heavy atom. The lowest BCUT2D eigenvalue weighted by Crippen LogP contribution is -2.55. The number of methoxy groups -OCH3 is 1. The minimum absolute atomic E-state index is 0.00102. The fourth-order valence-electron chi connectivity index (χ4n) is 4.88. The molecule has 2 aromatic carbocycles. The van der Waals surface area contributed by atoms with Gasteiger partial charge in [0.1, 0.15) is 5.75 Å². The molecule has 2 heterocycles. The molecule has 1 amide bonds. The number of ether oxygens (including phenoxy) is 1. The van der Waals surface area contributed by atoms with Crippen molar-refractivity contribution in [2.45, 2.75) is 44.9 Å². The van der Waals surface area contributed by atoms with Gasteiger partial charge >= 0.3 is 6.18 Å². The summed E-state index contributed by atoms with van der Waals surface area (Å²) in [6.07, 6.45) is -4.14. The highest BCUT2D eigenvalue weighted by atomic mass is 19.4. The Balaban J connectivity index is 1.63. The lowest BCUT2D eigenvalue weighted by molar-refractivity contribution is -0.138. The molecule has 2 unspecified atom stereocenters. The number of rotatable bonds is 4. The van der Waals surface area contributed by atoms with Crippen molar-refractivity contribution in [2.24, 2.45) is 0 Å². The highest BCUT2D eigenvalue weighted by molar-refractivity contribution is 5.98. The molecule has 2 atom stereocenters. The van der Waals surface area contributed by atoms with Gasteiger partial charge in [-0.25, -0.2) is 0 Å². The van der Waals surface area contributed by atoms with E-state index in [-0.39, 0.29) is 17.9 Å². The molecule has 0 spiro atoms. The number of halogens is 3. The van der Waals surface area contributed by atoms with E-state index < -0.39 is 11.7 Å². The van der Waals surface area contributed by atoms with Gasteiger partial charge in [0.05, 0.1) is 24.8 Å². The molecule has 0 radical (unpaired) electrons. The van der Waals surface area contributed by atoms with Crippen LogP contribution in [0.5, 0.6) is 5.75 Å². The first-order chi connectivity index (χ1) is 15.6. The van der Waals surface area contributed by atoms with Gasteiger partial charge in [-0.15, -0.1) is 0 Å². The second kappa shape index (κ2) is 8.89. The summed E-state index contributed by atoms with van der Waals surface area (Å²) in [7, 11) is 3.76. The number of fused-ring (bicyclic) bond motifs is 1. The number of alkyl halides is 3. The first-order valence-electron chi connectivity index (χ1n) is 11.2. The van der Waals surface area contributed by atoms with Gasteiger partial charge in [0.15, 0.2) is 0 Å². The summed E-state index contributed by atoms with van der Waals surface area (Å²) < 4.78 is 45.9. The molecule has 0 aliphatic carbocycles. The molecule has 2 aliphatic heterocycles. The van der Waals surface area contributed by atoms with E-state index >= 15 is 0 Å². The van der Waals surface area contributed by atoms with E-state index in [1.54, 1.807) is 12.0 Å². The molecule has 2 aliphatic rings. The number of amides is 1. The van der Waals surface area contributed by atoms with Crippen molar-refractivity contribution in [2.75, 3.05) is 43.6 Å². The van der Waals surface area contributed by atoms with Gasteiger partial charge in [-0.3, -0.25) is 9.69 Å². The molecular weight excluding hydrogens is 431 g/mol. The Morgan fingerprint density at radius 2 is 1.76 bits per heavy atom. The van der Waals surface area contributed by atoms with Crippen LogP contribution in [0.15, 0.2) is 36.4 Å². The monoisotopic (exact) mass is 461 g/mol. The summed E-state index contributed by atoms with van der Waals surface area (Å²) in [4.78, 5) is 19.4. The minimum Gasteiger partial charge on any atom is -0.495 e. The smallest absolute Gasteiger partial charge is 0.416 e. The van der Waals surface area contributed by atoms with Gasteiger partial charge in [0.2, 0.25) is 5.91 Å². The predicted octanol–water partition coefficient (Wildman–Crippen LogP) is 4.37. The number of anilines is 2. The Kier molecular flexibility index (Phi) is 6.31. The summed E-state index contributed by atoms with van der Waals surface area (Å²) in [6.45, 7) is 6.45. The quantitative estimate of drug-likeness (QED) is 0.677. The first-order valence-corrected chi connectivity index (χ1v) is 11.2. The van der Waals surface area contributed by atoms with Crippen molar-refractivity contribution >= 4 is 17.3 Å². The van der Waals surface area contributed by atoms with Crippen LogP contribution in [0.4, 0.5) is 24.5 Å². The fourth-order valence-corrected chi connectivity index (χ4v) is 4.88. The lowest BCUT2D eigenvalue weighted by Gasteiger charge is -2.44. The number of nitrogens with zero attached hydrogens (tertiary/aromatic N) is 3. The van der Waals surface area contributed by atoms with Gasteiger partial charge in [-0.1, -0.05) is 18.2 Å². The van der Waals surface area contributed by atoms with Crippen molar-refractivity contribution < 1.29 is 22.7 Å². The number of hydrogen-bond acceptors (Lipinski definition) is 4. The van der Waals surface area contributed by atoms with E-state index in [0.29, 0.717) is 25.0 Å².